The fraction of sp³-hybridized carbons (Fsp3) is 0.222. The highest BCUT2D eigenvalue weighted by atomic mass is 19.4. The van der Waals surface area contributed by atoms with Crippen LogP contribution < -0.4 is 9.80 Å². The normalized spacial score (nSPS) is 14.5. The molecule has 314 valence electrons. The van der Waals surface area contributed by atoms with Crippen molar-refractivity contribution in [3.8, 4) is 22.3 Å². The molecule has 9 rings (SSSR count). The lowest BCUT2D eigenvalue weighted by atomic mass is 9.71. The lowest BCUT2D eigenvalue weighted by molar-refractivity contribution is -0.138. The Morgan fingerprint density at radius 2 is 0.645 bits per heavy atom. The van der Waals surface area contributed by atoms with Crippen molar-refractivity contribution in [2.45, 2.75) is 78.6 Å². The van der Waals surface area contributed by atoms with Crippen LogP contribution in [0.2, 0.25) is 0 Å². The third-order valence-electron chi connectivity index (χ3n) is 13.2. The van der Waals surface area contributed by atoms with Gasteiger partial charge in [0.1, 0.15) is 0 Å². The van der Waals surface area contributed by atoms with E-state index in [-0.39, 0.29) is 0 Å². The molecule has 0 saturated carbocycles. The van der Waals surface area contributed by atoms with Gasteiger partial charge in [-0.1, -0.05) is 75.2 Å². The zero-order valence-corrected chi connectivity index (χ0v) is 35.9. The zero-order chi connectivity index (χ0) is 44.3. The summed E-state index contributed by atoms with van der Waals surface area (Å²) in [5.41, 5.74) is 16.2. The first-order valence-electron chi connectivity index (χ1n) is 20.7. The second kappa shape index (κ2) is 14.1. The molecule has 0 N–H and O–H groups in total. The second-order valence-corrected chi connectivity index (χ2v) is 17.9. The maximum absolute atomic E-state index is 13.7. The second-order valence-electron chi connectivity index (χ2n) is 17.9. The summed E-state index contributed by atoms with van der Waals surface area (Å²) >= 11 is 0. The highest BCUT2D eigenvalue weighted by Crippen LogP contribution is 2.62. The quantitative estimate of drug-likeness (QED) is 0.154. The summed E-state index contributed by atoms with van der Waals surface area (Å²) in [5.74, 6) is 0. The van der Waals surface area contributed by atoms with Gasteiger partial charge in [0.2, 0.25) is 0 Å². The van der Waals surface area contributed by atoms with Crippen LogP contribution >= 0.6 is 0 Å². The fourth-order valence-electron chi connectivity index (χ4n) is 9.89. The summed E-state index contributed by atoms with van der Waals surface area (Å²) in [7, 11) is 0. The van der Waals surface area contributed by atoms with Crippen LogP contribution in [0.1, 0.15) is 83.3 Å². The van der Waals surface area contributed by atoms with Crippen LogP contribution in [0.5, 0.6) is 0 Å². The Hall–Kier alpha value is -6.28. The third kappa shape index (κ3) is 6.49. The zero-order valence-electron chi connectivity index (χ0n) is 35.9. The molecule has 0 fully saturated rings. The summed E-state index contributed by atoms with van der Waals surface area (Å²) in [6.45, 7) is 17.4. The van der Waals surface area contributed by atoms with Gasteiger partial charge in [-0.3, -0.25) is 0 Å². The highest BCUT2D eigenvalue weighted by Gasteiger charge is 2.48. The molecule has 0 unspecified atom stereocenters. The lowest BCUT2D eigenvalue weighted by Crippen LogP contribution is -2.25. The Balaban J connectivity index is 1.18. The summed E-state index contributed by atoms with van der Waals surface area (Å²) < 4.78 is 82.1. The molecule has 2 aliphatic carbocycles. The van der Waals surface area contributed by atoms with Gasteiger partial charge in [0.15, 0.2) is 0 Å². The third-order valence-corrected chi connectivity index (χ3v) is 13.2. The molecule has 0 saturated heterocycles. The van der Waals surface area contributed by atoms with E-state index >= 15 is 0 Å². The predicted octanol–water partition coefficient (Wildman–Crippen LogP) is 16.5. The first kappa shape index (κ1) is 41.1. The molecule has 8 heteroatoms. The van der Waals surface area contributed by atoms with Gasteiger partial charge in [-0.05, 0) is 180 Å². The average molecular weight is 837 g/mol. The van der Waals surface area contributed by atoms with Crippen molar-refractivity contribution in [3.63, 3.8) is 0 Å². The van der Waals surface area contributed by atoms with Gasteiger partial charge in [0.05, 0.1) is 11.1 Å². The van der Waals surface area contributed by atoms with Crippen molar-refractivity contribution >= 4 is 34.1 Å². The fourth-order valence-corrected chi connectivity index (χ4v) is 9.89. The Labute approximate surface area is 359 Å². The number of anilines is 6. The van der Waals surface area contributed by atoms with E-state index < -0.39 is 34.3 Å². The van der Waals surface area contributed by atoms with E-state index in [1.807, 2.05) is 72.2 Å². The number of hydrogen-bond donors (Lipinski definition) is 0. The number of benzene rings is 7. The minimum atomic E-state index is -4.45. The molecule has 0 atom stereocenters. The number of hydrogen-bond acceptors (Lipinski definition) is 2. The molecule has 7 aromatic rings. The van der Waals surface area contributed by atoms with Crippen molar-refractivity contribution in [2.75, 3.05) is 9.80 Å². The van der Waals surface area contributed by atoms with Gasteiger partial charge < -0.3 is 9.80 Å². The molecule has 2 nitrogen and oxygen atoms in total. The maximum atomic E-state index is 13.7. The molecule has 0 heterocycles. The van der Waals surface area contributed by atoms with Crippen LogP contribution in [-0.4, -0.2) is 0 Å². The summed E-state index contributed by atoms with van der Waals surface area (Å²) in [5, 5.41) is 0. The van der Waals surface area contributed by atoms with Crippen molar-refractivity contribution in [1.29, 1.82) is 0 Å². The molecule has 62 heavy (non-hydrogen) atoms. The number of nitrogens with zero attached hydrogens (tertiary/aromatic N) is 2. The molecule has 7 aromatic carbocycles. The van der Waals surface area contributed by atoms with Gasteiger partial charge in [-0.25, -0.2) is 0 Å². The van der Waals surface area contributed by atoms with Crippen molar-refractivity contribution in [3.05, 3.63) is 189 Å². The van der Waals surface area contributed by atoms with Crippen molar-refractivity contribution < 1.29 is 26.3 Å². The Kier molecular flexibility index (Phi) is 9.36. The SMILES string of the molecule is Cc1ccc(N(c2ccc(C(F)(F)F)cc2)c2ccc3c(c2)C(C)(C)c2c-3c(C)c(C)c3c2C(C)(C)c2cc(N(c4ccc(C)cc4)c4ccc(C(F)(F)F)cc4)ccc2-3)cc1. The monoisotopic (exact) mass is 836 g/mol. The molecule has 0 bridgehead atoms. The number of fused-ring (bicyclic) bond motifs is 7. The van der Waals surface area contributed by atoms with E-state index in [0.29, 0.717) is 11.4 Å². The Morgan fingerprint density at radius 1 is 0.371 bits per heavy atom. The van der Waals surface area contributed by atoms with Crippen LogP contribution in [0.4, 0.5) is 60.5 Å². The summed E-state index contributed by atoms with van der Waals surface area (Å²) in [6.07, 6.45) is -8.90. The molecule has 0 radical (unpaired) electrons. The largest absolute Gasteiger partial charge is 0.416 e. The van der Waals surface area contributed by atoms with Crippen molar-refractivity contribution in [1.82, 2.24) is 0 Å². The minimum Gasteiger partial charge on any atom is -0.310 e. The van der Waals surface area contributed by atoms with E-state index in [2.05, 4.69) is 77.9 Å². The standard InChI is InChI=1S/C54H46F6N2/c1-31-9-17-37(18-10-31)61(39-21-13-35(14-22-39)53(55,56)57)41-25-27-43-45(29-41)51(5,6)49-47(43)33(3)34(4)48-44-28-26-42(30-46(44)52(7,8)50(48)49)62(38-19-11-32(2)12-20-38)40-23-15-36(16-24-40)54(58,59)60/h9-30H,1-8H3. The van der Waals surface area contributed by atoms with Crippen LogP contribution in [0.3, 0.4) is 0 Å². The molecular weight excluding hydrogens is 791 g/mol. The predicted molar refractivity (Wildman–Crippen MR) is 240 cm³/mol. The van der Waals surface area contributed by atoms with Crippen LogP contribution in [0, 0.1) is 27.7 Å². The van der Waals surface area contributed by atoms with Gasteiger partial charge in [-0.15, -0.1) is 0 Å². The number of alkyl halides is 6. The molecule has 0 aliphatic heterocycles. The topological polar surface area (TPSA) is 6.48 Å². The van der Waals surface area contributed by atoms with E-state index in [1.165, 1.54) is 57.6 Å². The van der Waals surface area contributed by atoms with Gasteiger partial charge in [-0.2, -0.15) is 26.3 Å². The van der Waals surface area contributed by atoms with E-state index in [1.54, 1.807) is 0 Å². The molecule has 2 aliphatic rings. The van der Waals surface area contributed by atoms with Gasteiger partial charge in [0, 0.05) is 45.0 Å². The number of aryl methyl sites for hydroxylation is 2. The first-order valence-corrected chi connectivity index (χ1v) is 20.7. The maximum Gasteiger partial charge on any atom is 0.416 e. The number of rotatable bonds is 6. The van der Waals surface area contributed by atoms with Crippen LogP contribution in [-0.2, 0) is 23.2 Å². The molecule has 0 aromatic heterocycles. The van der Waals surface area contributed by atoms with Crippen LogP contribution in [0.15, 0.2) is 133 Å². The van der Waals surface area contributed by atoms with E-state index in [4.69, 9.17) is 0 Å². The average Bonchev–Trinajstić information content (AvgIpc) is 3.60. The molecule has 0 amide bonds. The van der Waals surface area contributed by atoms with E-state index in [0.717, 1.165) is 80.4 Å². The van der Waals surface area contributed by atoms with Gasteiger partial charge in [0.25, 0.3) is 0 Å². The highest BCUT2D eigenvalue weighted by molar-refractivity contribution is 5.97. The van der Waals surface area contributed by atoms with E-state index in [9.17, 15) is 26.3 Å². The Bertz CT molecular complexity index is 2680. The molecular formula is C54H46F6N2. The van der Waals surface area contributed by atoms with Gasteiger partial charge >= 0.3 is 12.4 Å². The minimum absolute atomic E-state index is 0.474. The Morgan fingerprint density at radius 3 is 0.935 bits per heavy atom. The lowest BCUT2D eigenvalue weighted by Gasteiger charge is -2.33. The first-order chi connectivity index (χ1) is 29.2. The molecule has 0 spiro atoms. The number of halogens is 6. The smallest absolute Gasteiger partial charge is 0.310 e. The van der Waals surface area contributed by atoms with Crippen LogP contribution in [0.25, 0.3) is 22.3 Å². The summed E-state index contributed by atoms with van der Waals surface area (Å²) in [4.78, 5) is 4.03. The van der Waals surface area contributed by atoms with Crippen molar-refractivity contribution in [2.24, 2.45) is 0 Å². The summed E-state index contributed by atoms with van der Waals surface area (Å²) in [6, 6.07) is 39.5.